The standard InChI is InChI=1S/C27H33N3O3/c1-20(14-21-6-4-3-5-7-21)16-29-10-12-30(13-11-29)17-26-24-19-32-25-15-22(18-31-2)8-9-23(25)27(24)28-33-26/h3-9,14-15,24,26H,10-13,16-19H2,1-2H3/b20-14+. The van der Waals surface area contributed by atoms with Gasteiger partial charge in [0.1, 0.15) is 18.1 Å². The predicted molar refractivity (Wildman–Crippen MR) is 131 cm³/mol. The maximum atomic E-state index is 6.10. The molecule has 0 saturated carbocycles. The van der Waals surface area contributed by atoms with Crippen molar-refractivity contribution in [2.45, 2.75) is 19.6 Å². The zero-order valence-corrected chi connectivity index (χ0v) is 19.6. The molecule has 2 aromatic carbocycles. The molecule has 0 amide bonds. The molecule has 0 N–H and O–H groups in total. The normalized spacial score (nSPS) is 23.3. The molecule has 2 unspecified atom stereocenters. The molecule has 1 fully saturated rings. The Morgan fingerprint density at radius 2 is 1.88 bits per heavy atom. The summed E-state index contributed by atoms with van der Waals surface area (Å²) in [6.07, 6.45) is 2.34. The van der Waals surface area contributed by atoms with Gasteiger partial charge in [-0.05, 0) is 30.2 Å². The third kappa shape index (κ3) is 5.13. The molecule has 0 radical (unpaired) electrons. The van der Waals surface area contributed by atoms with Gasteiger partial charge in [-0.25, -0.2) is 0 Å². The first-order chi connectivity index (χ1) is 16.2. The van der Waals surface area contributed by atoms with Gasteiger partial charge in [-0.15, -0.1) is 0 Å². The summed E-state index contributed by atoms with van der Waals surface area (Å²) in [4.78, 5) is 11.0. The first-order valence-electron chi connectivity index (χ1n) is 11.9. The van der Waals surface area contributed by atoms with Crippen LogP contribution >= 0.6 is 0 Å². The fraction of sp³-hybridized carbons (Fsp3) is 0.444. The molecule has 3 aliphatic heterocycles. The Bertz CT molecular complexity index is 1010. The second-order valence-electron chi connectivity index (χ2n) is 9.28. The number of oxime groups is 1. The van der Waals surface area contributed by atoms with Crippen LogP contribution in [0.15, 0.2) is 59.3 Å². The van der Waals surface area contributed by atoms with E-state index in [1.54, 1.807) is 7.11 Å². The van der Waals surface area contributed by atoms with Crippen molar-refractivity contribution in [3.8, 4) is 5.75 Å². The summed E-state index contributed by atoms with van der Waals surface area (Å²) in [7, 11) is 1.71. The van der Waals surface area contributed by atoms with Crippen LogP contribution in [0.2, 0.25) is 0 Å². The van der Waals surface area contributed by atoms with Gasteiger partial charge >= 0.3 is 0 Å². The molecule has 2 atom stereocenters. The fourth-order valence-electron chi connectivity index (χ4n) is 4.99. The number of rotatable bonds is 7. The number of piperazine rings is 1. The Hall–Kier alpha value is -2.67. The molecule has 3 heterocycles. The lowest BCUT2D eigenvalue weighted by Gasteiger charge is -2.36. The Labute approximate surface area is 196 Å². The third-order valence-corrected chi connectivity index (χ3v) is 6.73. The van der Waals surface area contributed by atoms with Crippen molar-refractivity contribution in [2.24, 2.45) is 11.1 Å². The monoisotopic (exact) mass is 447 g/mol. The molecule has 1 saturated heterocycles. The van der Waals surface area contributed by atoms with E-state index < -0.39 is 0 Å². The fourth-order valence-corrected chi connectivity index (χ4v) is 4.99. The van der Waals surface area contributed by atoms with E-state index in [2.05, 4.69) is 76.5 Å². The number of hydrogen-bond donors (Lipinski definition) is 0. The Morgan fingerprint density at radius 3 is 2.67 bits per heavy atom. The van der Waals surface area contributed by atoms with Crippen LogP contribution in [0.25, 0.3) is 6.08 Å². The average molecular weight is 448 g/mol. The molecule has 174 valence electrons. The SMILES string of the molecule is COCc1ccc2c(c1)OCC1C2=NOC1CN1CCN(C/C(C)=C/c2ccccc2)CC1. The molecule has 3 aliphatic rings. The summed E-state index contributed by atoms with van der Waals surface area (Å²) in [6.45, 7) is 9.61. The van der Waals surface area contributed by atoms with E-state index in [-0.39, 0.29) is 12.0 Å². The minimum absolute atomic E-state index is 0.0538. The largest absolute Gasteiger partial charge is 0.492 e. The Balaban J connectivity index is 1.12. The second-order valence-corrected chi connectivity index (χ2v) is 9.28. The molecule has 0 spiro atoms. The zero-order chi connectivity index (χ0) is 22.6. The molecular formula is C27H33N3O3. The van der Waals surface area contributed by atoms with Crippen LogP contribution in [0.5, 0.6) is 5.75 Å². The van der Waals surface area contributed by atoms with E-state index in [0.717, 1.165) is 61.9 Å². The molecule has 2 aromatic rings. The summed E-state index contributed by atoms with van der Waals surface area (Å²) in [5, 5.41) is 4.48. The first-order valence-corrected chi connectivity index (χ1v) is 11.9. The van der Waals surface area contributed by atoms with Crippen molar-refractivity contribution >= 4 is 11.8 Å². The van der Waals surface area contributed by atoms with Crippen LogP contribution in [0.1, 0.15) is 23.6 Å². The second kappa shape index (κ2) is 10.1. The topological polar surface area (TPSA) is 46.5 Å². The number of hydrogen-bond acceptors (Lipinski definition) is 6. The third-order valence-electron chi connectivity index (χ3n) is 6.73. The Morgan fingerprint density at radius 1 is 1.09 bits per heavy atom. The van der Waals surface area contributed by atoms with Gasteiger partial charge < -0.3 is 14.3 Å². The van der Waals surface area contributed by atoms with Gasteiger partial charge in [-0.3, -0.25) is 9.80 Å². The van der Waals surface area contributed by atoms with Gasteiger partial charge in [0.05, 0.1) is 12.5 Å². The van der Waals surface area contributed by atoms with Crippen LogP contribution in [0.4, 0.5) is 0 Å². The number of nitrogens with zero attached hydrogens (tertiary/aromatic N) is 3. The lowest BCUT2D eigenvalue weighted by molar-refractivity contribution is 0.0101. The zero-order valence-electron chi connectivity index (χ0n) is 19.6. The summed E-state index contributed by atoms with van der Waals surface area (Å²) in [5.74, 6) is 1.08. The van der Waals surface area contributed by atoms with Crippen LogP contribution in [-0.4, -0.2) is 74.6 Å². The molecule has 6 nitrogen and oxygen atoms in total. The summed E-state index contributed by atoms with van der Waals surface area (Å²) >= 11 is 0. The van der Waals surface area contributed by atoms with Crippen molar-refractivity contribution in [2.75, 3.05) is 53.0 Å². The molecule has 0 aromatic heterocycles. The van der Waals surface area contributed by atoms with Crippen LogP contribution < -0.4 is 4.74 Å². The van der Waals surface area contributed by atoms with Crippen molar-refractivity contribution in [3.63, 3.8) is 0 Å². The summed E-state index contributed by atoms with van der Waals surface area (Å²) in [5.41, 5.74) is 5.87. The van der Waals surface area contributed by atoms with E-state index in [0.29, 0.717) is 13.2 Å². The first kappa shape index (κ1) is 22.1. The van der Waals surface area contributed by atoms with Crippen molar-refractivity contribution in [1.82, 2.24) is 9.80 Å². The van der Waals surface area contributed by atoms with Crippen molar-refractivity contribution in [3.05, 3.63) is 70.8 Å². The van der Waals surface area contributed by atoms with Gasteiger partial charge in [0.15, 0.2) is 6.10 Å². The van der Waals surface area contributed by atoms with E-state index >= 15 is 0 Å². The number of fused-ring (bicyclic) bond motifs is 3. The Kier molecular flexibility index (Phi) is 6.76. The number of ether oxygens (including phenoxy) is 2. The van der Waals surface area contributed by atoms with Gasteiger partial charge in [-0.1, -0.05) is 53.2 Å². The maximum Gasteiger partial charge on any atom is 0.151 e. The highest BCUT2D eigenvalue weighted by atomic mass is 16.6. The molecule has 6 heteroatoms. The van der Waals surface area contributed by atoms with Gasteiger partial charge in [0, 0.05) is 51.9 Å². The van der Waals surface area contributed by atoms with E-state index in [9.17, 15) is 0 Å². The lowest BCUT2D eigenvalue weighted by atomic mass is 9.89. The average Bonchev–Trinajstić information content (AvgIpc) is 3.24. The van der Waals surface area contributed by atoms with E-state index in [1.165, 1.54) is 11.1 Å². The summed E-state index contributed by atoms with van der Waals surface area (Å²) < 4.78 is 11.3. The van der Waals surface area contributed by atoms with E-state index in [1.807, 2.05) is 0 Å². The van der Waals surface area contributed by atoms with E-state index in [4.69, 9.17) is 14.3 Å². The maximum absolute atomic E-state index is 6.10. The van der Waals surface area contributed by atoms with Gasteiger partial charge in [0.25, 0.3) is 0 Å². The van der Waals surface area contributed by atoms with Gasteiger partial charge in [-0.2, -0.15) is 0 Å². The number of methoxy groups -OCH3 is 1. The molecular weight excluding hydrogens is 414 g/mol. The predicted octanol–water partition coefficient (Wildman–Crippen LogP) is 3.67. The van der Waals surface area contributed by atoms with Crippen molar-refractivity contribution in [1.29, 1.82) is 0 Å². The highest BCUT2D eigenvalue weighted by Crippen LogP contribution is 2.35. The molecule has 0 bridgehead atoms. The molecule has 0 aliphatic carbocycles. The minimum Gasteiger partial charge on any atom is -0.492 e. The highest BCUT2D eigenvalue weighted by Gasteiger charge is 2.40. The molecule has 33 heavy (non-hydrogen) atoms. The van der Waals surface area contributed by atoms with Crippen molar-refractivity contribution < 1.29 is 14.3 Å². The quantitative estimate of drug-likeness (QED) is 0.648. The van der Waals surface area contributed by atoms with Crippen LogP contribution in [0.3, 0.4) is 0 Å². The highest BCUT2D eigenvalue weighted by molar-refractivity contribution is 6.06. The molecule has 5 rings (SSSR count). The smallest absolute Gasteiger partial charge is 0.151 e. The van der Waals surface area contributed by atoms with Gasteiger partial charge in [0.2, 0.25) is 0 Å². The number of benzene rings is 2. The summed E-state index contributed by atoms with van der Waals surface area (Å²) in [6, 6.07) is 16.8. The minimum atomic E-state index is 0.0538. The van der Waals surface area contributed by atoms with Crippen LogP contribution in [-0.2, 0) is 16.2 Å². The van der Waals surface area contributed by atoms with Crippen LogP contribution in [0, 0.1) is 5.92 Å². The lowest BCUT2D eigenvalue weighted by Crippen LogP contribution is -2.50.